The Morgan fingerprint density at radius 2 is 2.17 bits per heavy atom. The van der Waals surface area contributed by atoms with Crippen LogP contribution >= 0.6 is 11.6 Å². The Morgan fingerprint density at radius 1 is 1.44 bits per heavy atom. The zero-order valence-corrected chi connectivity index (χ0v) is 10.8. The minimum absolute atomic E-state index is 0.0522. The molecule has 0 unspecified atom stereocenters. The number of nitrogens with one attached hydrogen (secondary N) is 2. The number of benzene rings is 1. The minimum Gasteiger partial charge on any atom is -0.399 e. The lowest BCUT2D eigenvalue weighted by Gasteiger charge is -2.26. The van der Waals surface area contributed by atoms with Gasteiger partial charge in [0.1, 0.15) is 0 Å². The van der Waals surface area contributed by atoms with Crippen molar-refractivity contribution in [2.24, 2.45) is 0 Å². The van der Waals surface area contributed by atoms with Crippen molar-refractivity contribution >= 4 is 28.9 Å². The molecule has 0 atom stereocenters. The predicted octanol–water partition coefficient (Wildman–Crippen LogP) is 0.766. The Kier molecular flexibility index (Phi) is 4.41. The van der Waals surface area contributed by atoms with E-state index in [4.69, 9.17) is 17.3 Å². The number of carbonyl (C=O) groups is 1. The number of anilines is 2. The van der Waals surface area contributed by atoms with Crippen LogP contribution in [0.1, 0.15) is 0 Å². The highest BCUT2D eigenvalue weighted by Gasteiger charge is 2.14. The van der Waals surface area contributed by atoms with Crippen LogP contribution in [0.3, 0.4) is 0 Å². The van der Waals surface area contributed by atoms with E-state index in [1.165, 1.54) is 0 Å². The normalized spacial score (nSPS) is 16.5. The third kappa shape index (κ3) is 3.60. The average Bonchev–Trinajstić information content (AvgIpc) is 2.34. The maximum absolute atomic E-state index is 11.9. The van der Waals surface area contributed by atoms with Gasteiger partial charge < -0.3 is 16.4 Å². The summed E-state index contributed by atoms with van der Waals surface area (Å²) in [4.78, 5) is 14.0. The van der Waals surface area contributed by atoms with E-state index in [1.807, 2.05) is 0 Å². The molecule has 1 aliphatic rings. The molecule has 98 valence electrons. The number of piperazine rings is 1. The van der Waals surface area contributed by atoms with Gasteiger partial charge in [0, 0.05) is 31.9 Å². The first-order chi connectivity index (χ1) is 8.65. The molecule has 0 aliphatic carbocycles. The number of nitrogens with two attached hydrogens (primary N) is 1. The minimum atomic E-state index is -0.0522. The van der Waals surface area contributed by atoms with Gasteiger partial charge in [-0.2, -0.15) is 0 Å². The molecule has 1 aromatic rings. The van der Waals surface area contributed by atoms with Crippen molar-refractivity contribution in [1.29, 1.82) is 0 Å². The van der Waals surface area contributed by atoms with Crippen LogP contribution in [0, 0.1) is 0 Å². The molecule has 0 saturated carbocycles. The predicted molar refractivity (Wildman–Crippen MR) is 73.8 cm³/mol. The second kappa shape index (κ2) is 6.04. The summed E-state index contributed by atoms with van der Waals surface area (Å²) in [5, 5.41) is 6.50. The van der Waals surface area contributed by atoms with Crippen LogP contribution < -0.4 is 16.4 Å². The molecule has 0 aromatic heterocycles. The Labute approximate surface area is 111 Å². The van der Waals surface area contributed by atoms with E-state index in [1.54, 1.807) is 18.2 Å². The van der Waals surface area contributed by atoms with Gasteiger partial charge in [0.2, 0.25) is 5.91 Å². The van der Waals surface area contributed by atoms with Crippen molar-refractivity contribution in [2.45, 2.75) is 0 Å². The maximum Gasteiger partial charge on any atom is 0.238 e. The van der Waals surface area contributed by atoms with Crippen LogP contribution in [-0.4, -0.2) is 43.5 Å². The van der Waals surface area contributed by atoms with Crippen LogP contribution in [0.15, 0.2) is 18.2 Å². The number of nitrogen functional groups attached to an aromatic ring is 1. The molecule has 0 radical (unpaired) electrons. The SMILES string of the molecule is Nc1ccc(NC(=O)CN2CCNCC2)c(Cl)c1. The van der Waals surface area contributed by atoms with Crippen LogP contribution in [0.4, 0.5) is 11.4 Å². The van der Waals surface area contributed by atoms with Crippen molar-refractivity contribution in [1.82, 2.24) is 10.2 Å². The van der Waals surface area contributed by atoms with Crippen LogP contribution in [-0.2, 0) is 4.79 Å². The molecule has 6 heteroatoms. The van der Waals surface area contributed by atoms with Gasteiger partial charge in [-0.15, -0.1) is 0 Å². The van der Waals surface area contributed by atoms with Crippen molar-refractivity contribution in [2.75, 3.05) is 43.8 Å². The van der Waals surface area contributed by atoms with E-state index in [9.17, 15) is 4.79 Å². The number of hydrogen-bond acceptors (Lipinski definition) is 4. The molecule has 5 nitrogen and oxygen atoms in total. The zero-order chi connectivity index (χ0) is 13.0. The lowest BCUT2D eigenvalue weighted by Crippen LogP contribution is -2.46. The second-order valence-corrected chi connectivity index (χ2v) is 4.72. The van der Waals surface area contributed by atoms with E-state index in [0.717, 1.165) is 26.2 Å². The van der Waals surface area contributed by atoms with Gasteiger partial charge in [0.05, 0.1) is 17.3 Å². The number of carbonyl (C=O) groups excluding carboxylic acids is 1. The number of rotatable bonds is 3. The van der Waals surface area contributed by atoms with Crippen molar-refractivity contribution in [3.05, 3.63) is 23.2 Å². The fourth-order valence-corrected chi connectivity index (χ4v) is 2.13. The Balaban J connectivity index is 1.90. The number of hydrogen-bond donors (Lipinski definition) is 3. The van der Waals surface area contributed by atoms with Crippen molar-refractivity contribution in [3.8, 4) is 0 Å². The van der Waals surface area contributed by atoms with Gasteiger partial charge in [-0.3, -0.25) is 9.69 Å². The van der Waals surface area contributed by atoms with Crippen molar-refractivity contribution < 1.29 is 4.79 Å². The highest BCUT2D eigenvalue weighted by atomic mass is 35.5. The molecule has 1 fully saturated rings. The van der Waals surface area contributed by atoms with Crippen LogP contribution in [0.25, 0.3) is 0 Å². The Bertz CT molecular complexity index is 432. The summed E-state index contributed by atoms with van der Waals surface area (Å²) >= 11 is 6.00. The first-order valence-electron chi connectivity index (χ1n) is 5.93. The van der Waals surface area contributed by atoms with Gasteiger partial charge in [-0.25, -0.2) is 0 Å². The first-order valence-corrected chi connectivity index (χ1v) is 6.31. The monoisotopic (exact) mass is 268 g/mol. The molecule has 1 heterocycles. The summed E-state index contributed by atoms with van der Waals surface area (Å²) in [5.41, 5.74) is 6.78. The van der Waals surface area contributed by atoms with Gasteiger partial charge in [-0.1, -0.05) is 11.6 Å². The fourth-order valence-electron chi connectivity index (χ4n) is 1.89. The molecule has 2 rings (SSSR count). The molecular weight excluding hydrogens is 252 g/mol. The van der Waals surface area contributed by atoms with E-state index in [0.29, 0.717) is 22.9 Å². The molecule has 18 heavy (non-hydrogen) atoms. The van der Waals surface area contributed by atoms with Gasteiger partial charge >= 0.3 is 0 Å². The molecule has 1 aromatic carbocycles. The third-order valence-electron chi connectivity index (χ3n) is 2.84. The van der Waals surface area contributed by atoms with E-state index in [-0.39, 0.29) is 5.91 Å². The molecule has 0 spiro atoms. The lowest BCUT2D eigenvalue weighted by molar-refractivity contribution is -0.117. The van der Waals surface area contributed by atoms with E-state index in [2.05, 4.69) is 15.5 Å². The quantitative estimate of drug-likeness (QED) is 0.708. The average molecular weight is 269 g/mol. The Morgan fingerprint density at radius 3 is 2.83 bits per heavy atom. The van der Waals surface area contributed by atoms with Gasteiger partial charge in [0.15, 0.2) is 0 Å². The summed E-state index contributed by atoms with van der Waals surface area (Å²) in [5.74, 6) is -0.0522. The topological polar surface area (TPSA) is 70.4 Å². The van der Waals surface area contributed by atoms with Crippen LogP contribution in [0.2, 0.25) is 5.02 Å². The maximum atomic E-state index is 11.9. The number of halogens is 1. The van der Waals surface area contributed by atoms with Crippen LogP contribution in [0.5, 0.6) is 0 Å². The number of amides is 1. The molecule has 0 bridgehead atoms. The third-order valence-corrected chi connectivity index (χ3v) is 3.16. The number of nitrogens with zero attached hydrogens (tertiary/aromatic N) is 1. The smallest absolute Gasteiger partial charge is 0.238 e. The highest BCUT2D eigenvalue weighted by molar-refractivity contribution is 6.34. The lowest BCUT2D eigenvalue weighted by atomic mass is 10.3. The molecule has 4 N–H and O–H groups in total. The highest BCUT2D eigenvalue weighted by Crippen LogP contribution is 2.23. The summed E-state index contributed by atoms with van der Waals surface area (Å²) in [6, 6.07) is 5.06. The van der Waals surface area contributed by atoms with E-state index >= 15 is 0 Å². The molecular formula is C12H17ClN4O. The fraction of sp³-hybridized carbons (Fsp3) is 0.417. The largest absolute Gasteiger partial charge is 0.399 e. The summed E-state index contributed by atoms with van der Waals surface area (Å²) in [6.45, 7) is 4.03. The van der Waals surface area contributed by atoms with Gasteiger partial charge in [0.25, 0.3) is 0 Å². The second-order valence-electron chi connectivity index (χ2n) is 4.31. The first kappa shape index (κ1) is 13.1. The zero-order valence-electron chi connectivity index (χ0n) is 10.1. The molecule has 1 aliphatic heterocycles. The van der Waals surface area contributed by atoms with Gasteiger partial charge in [-0.05, 0) is 18.2 Å². The summed E-state index contributed by atoms with van der Waals surface area (Å²) < 4.78 is 0. The summed E-state index contributed by atoms with van der Waals surface area (Å²) in [6.07, 6.45) is 0. The van der Waals surface area contributed by atoms with Crippen molar-refractivity contribution in [3.63, 3.8) is 0 Å². The summed E-state index contributed by atoms with van der Waals surface area (Å²) in [7, 11) is 0. The van der Waals surface area contributed by atoms with E-state index < -0.39 is 0 Å². The molecule has 1 amide bonds. The Hall–Kier alpha value is -1.30. The standard InChI is InChI=1S/C12H17ClN4O/c13-10-7-9(14)1-2-11(10)16-12(18)8-17-5-3-15-4-6-17/h1-2,7,15H,3-6,8,14H2,(H,16,18). The molecule has 1 saturated heterocycles.